The van der Waals surface area contributed by atoms with E-state index in [9.17, 15) is 0 Å². The molecule has 0 bridgehead atoms. The number of ether oxygens (including phenoxy) is 1. The molecule has 0 aliphatic carbocycles. The van der Waals surface area contributed by atoms with Gasteiger partial charge in [-0.25, -0.2) is 0 Å². The number of hydrogen-bond donors (Lipinski definition) is 0. The monoisotopic (exact) mass is 192 g/mol. The molecule has 0 radical (unpaired) electrons. The Hall–Kier alpha value is -0.980. The van der Waals surface area contributed by atoms with E-state index in [4.69, 9.17) is 4.74 Å². The highest BCUT2D eigenvalue weighted by Crippen LogP contribution is 2.16. The van der Waals surface area contributed by atoms with E-state index in [-0.39, 0.29) is 0 Å². The number of methoxy groups -OCH3 is 1. The Morgan fingerprint density at radius 3 is 2.36 bits per heavy atom. The highest BCUT2D eigenvalue weighted by molar-refractivity contribution is 5.27. The van der Waals surface area contributed by atoms with Crippen LogP contribution in [0, 0.1) is 5.92 Å². The molecule has 0 saturated heterocycles. The quantitative estimate of drug-likeness (QED) is 0.691. The van der Waals surface area contributed by atoms with E-state index >= 15 is 0 Å². The van der Waals surface area contributed by atoms with Gasteiger partial charge in [-0.3, -0.25) is 0 Å². The maximum Gasteiger partial charge on any atom is 0.118 e. The summed E-state index contributed by atoms with van der Waals surface area (Å²) >= 11 is 0. The molecule has 0 aromatic heterocycles. The zero-order chi connectivity index (χ0) is 10.4. The van der Waals surface area contributed by atoms with Crippen molar-refractivity contribution in [1.82, 2.24) is 0 Å². The molecule has 1 rings (SSSR count). The second kappa shape index (κ2) is 5.69. The molecule has 0 aliphatic rings. The van der Waals surface area contributed by atoms with Gasteiger partial charge in [0.15, 0.2) is 0 Å². The summed E-state index contributed by atoms with van der Waals surface area (Å²) in [6.45, 7) is 4.55. The zero-order valence-electron chi connectivity index (χ0n) is 9.42. The first-order valence-corrected chi connectivity index (χ1v) is 5.39. The van der Waals surface area contributed by atoms with Crippen molar-refractivity contribution in [1.29, 1.82) is 0 Å². The zero-order valence-corrected chi connectivity index (χ0v) is 9.42. The Kier molecular flexibility index (Phi) is 4.51. The normalized spacial score (nSPS) is 12.5. The van der Waals surface area contributed by atoms with Crippen LogP contribution in [0.3, 0.4) is 0 Å². The minimum Gasteiger partial charge on any atom is -0.497 e. The third-order valence-corrected chi connectivity index (χ3v) is 2.52. The molecule has 78 valence electrons. The lowest BCUT2D eigenvalue weighted by Gasteiger charge is -2.10. The lowest BCUT2D eigenvalue weighted by molar-refractivity contribution is 0.414. The average Bonchev–Trinajstić information content (AvgIpc) is 2.19. The standard InChI is InChI=1S/C13H20O/c1-4-5-11(2)10-12-6-8-13(14-3)9-7-12/h6-9,11H,4-5,10H2,1-3H3. The highest BCUT2D eigenvalue weighted by Gasteiger charge is 2.02. The largest absolute Gasteiger partial charge is 0.497 e. The molecule has 1 atom stereocenters. The Morgan fingerprint density at radius 2 is 1.86 bits per heavy atom. The van der Waals surface area contributed by atoms with Crippen LogP contribution in [0.4, 0.5) is 0 Å². The van der Waals surface area contributed by atoms with E-state index in [1.807, 2.05) is 12.1 Å². The van der Waals surface area contributed by atoms with Crippen LogP contribution < -0.4 is 4.74 Å². The first kappa shape index (κ1) is 11.1. The van der Waals surface area contributed by atoms with Crippen molar-refractivity contribution in [3.8, 4) is 5.75 Å². The number of rotatable bonds is 5. The van der Waals surface area contributed by atoms with Gasteiger partial charge >= 0.3 is 0 Å². The minimum absolute atomic E-state index is 0.786. The van der Waals surface area contributed by atoms with Crippen LogP contribution in [-0.4, -0.2) is 7.11 Å². The molecule has 1 aromatic carbocycles. The van der Waals surface area contributed by atoms with Gasteiger partial charge < -0.3 is 4.74 Å². The minimum atomic E-state index is 0.786. The van der Waals surface area contributed by atoms with Crippen molar-refractivity contribution >= 4 is 0 Å². The Balaban J connectivity index is 2.50. The van der Waals surface area contributed by atoms with Gasteiger partial charge in [0.25, 0.3) is 0 Å². The maximum absolute atomic E-state index is 5.12. The van der Waals surface area contributed by atoms with Crippen molar-refractivity contribution in [2.24, 2.45) is 5.92 Å². The van der Waals surface area contributed by atoms with Gasteiger partial charge in [0.2, 0.25) is 0 Å². The molecule has 0 saturated carbocycles. The average molecular weight is 192 g/mol. The fourth-order valence-electron chi connectivity index (χ4n) is 1.76. The molecule has 1 aromatic rings. The molecule has 14 heavy (non-hydrogen) atoms. The van der Waals surface area contributed by atoms with Crippen molar-refractivity contribution in [3.63, 3.8) is 0 Å². The lowest BCUT2D eigenvalue weighted by atomic mass is 9.97. The van der Waals surface area contributed by atoms with Crippen LogP contribution in [0.15, 0.2) is 24.3 Å². The second-order valence-electron chi connectivity index (χ2n) is 3.95. The second-order valence-corrected chi connectivity index (χ2v) is 3.95. The lowest BCUT2D eigenvalue weighted by Crippen LogP contribution is -1.98. The SMILES string of the molecule is CCCC(C)Cc1ccc(OC)cc1. The van der Waals surface area contributed by atoms with Gasteiger partial charge in [0, 0.05) is 0 Å². The fourth-order valence-corrected chi connectivity index (χ4v) is 1.76. The Morgan fingerprint density at radius 1 is 1.21 bits per heavy atom. The predicted octanol–water partition coefficient (Wildman–Crippen LogP) is 3.67. The van der Waals surface area contributed by atoms with E-state index in [1.54, 1.807) is 7.11 Å². The molecule has 0 spiro atoms. The maximum atomic E-state index is 5.12. The summed E-state index contributed by atoms with van der Waals surface area (Å²) in [6.07, 6.45) is 3.77. The van der Waals surface area contributed by atoms with Crippen LogP contribution in [0.25, 0.3) is 0 Å². The first-order chi connectivity index (χ1) is 6.76. The highest BCUT2D eigenvalue weighted by atomic mass is 16.5. The smallest absolute Gasteiger partial charge is 0.118 e. The third kappa shape index (κ3) is 3.41. The molecule has 0 aliphatic heterocycles. The van der Waals surface area contributed by atoms with Crippen molar-refractivity contribution in [2.75, 3.05) is 7.11 Å². The van der Waals surface area contributed by atoms with E-state index in [1.165, 1.54) is 24.8 Å². The molecule has 0 amide bonds. The first-order valence-electron chi connectivity index (χ1n) is 5.39. The van der Waals surface area contributed by atoms with Crippen LogP contribution in [0.2, 0.25) is 0 Å². The summed E-state index contributed by atoms with van der Waals surface area (Å²) in [5.41, 5.74) is 1.41. The van der Waals surface area contributed by atoms with Crippen molar-refractivity contribution in [2.45, 2.75) is 33.1 Å². The molecular weight excluding hydrogens is 172 g/mol. The number of benzene rings is 1. The summed E-state index contributed by atoms with van der Waals surface area (Å²) < 4.78 is 5.12. The molecule has 1 nitrogen and oxygen atoms in total. The molecule has 0 fully saturated rings. The van der Waals surface area contributed by atoms with Crippen LogP contribution >= 0.6 is 0 Å². The van der Waals surface area contributed by atoms with E-state index in [0.29, 0.717) is 0 Å². The predicted molar refractivity (Wildman–Crippen MR) is 60.8 cm³/mol. The molecular formula is C13H20O. The van der Waals surface area contributed by atoms with E-state index in [2.05, 4.69) is 26.0 Å². The van der Waals surface area contributed by atoms with E-state index < -0.39 is 0 Å². The Bertz CT molecular complexity index is 250. The van der Waals surface area contributed by atoms with E-state index in [0.717, 1.165) is 11.7 Å². The van der Waals surface area contributed by atoms with Crippen molar-refractivity contribution < 1.29 is 4.74 Å². The molecule has 0 heterocycles. The van der Waals surface area contributed by atoms with Crippen molar-refractivity contribution in [3.05, 3.63) is 29.8 Å². The fraction of sp³-hybridized carbons (Fsp3) is 0.538. The van der Waals surface area contributed by atoms with Crippen LogP contribution in [0.5, 0.6) is 5.75 Å². The molecule has 1 unspecified atom stereocenters. The molecule has 1 heteroatoms. The Labute approximate surface area is 87.1 Å². The van der Waals surface area contributed by atoms with Crippen LogP contribution in [0.1, 0.15) is 32.3 Å². The summed E-state index contributed by atoms with van der Waals surface area (Å²) in [5.74, 6) is 1.73. The summed E-state index contributed by atoms with van der Waals surface area (Å²) in [7, 11) is 1.70. The van der Waals surface area contributed by atoms with Gasteiger partial charge in [-0.05, 0) is 30.0 Å². The van der Waals surface area contributed by atoms with Gasteiger partial charge in [-0.1, -0.05) is 38.8 Å². The van der Waals surface area contributed by atoms with Crippen LogP contribution in [-0.2, 0) is 6.42 Å². The van der Waals surface area contributed by atoms with Gasteiger partial charge in [-0.2, -0.15) is 0 Å². The summed E-state index contributed by atoms with van der Waals surface area (Å²) in [4.78, 5) is 0. The third-order valence-electron chi connectivity index (χ3n) is 2.52. The summed E-state index contributed by atoms with van der Waals surface area (Å²) in [6, 6.07) is 8.39. The summed E-state index contributed by atoms with van der Waals surface area (Å²) in [5, 5.41) is 0. The van der Waals surface area contributed by atoms with Gasteiger partial charge in [0.1, 0.15) is 5.75 Å². The molecule has 0 N–H and O–H groups in total. The van der Waals surface area contributed by atoms with Gasteiger partial charge in [0.05, 0.1) is 7.11 Å². The number of hydrogen-bond acceptors (Lipinski definition) is 1. The topological polar surface area (TPSA) is 9.23 Å². The van der Waals surface area contributed by atoms with Gasteiger partial charge in [-0.15, -0.1) is 0 Å².